The molecule has 1 fully saturated rings. The van der Waals surface area contributed by atoms with Gasteiger partial charge in [0.15, 0.2) is 0 Å². The molecule has 1 saturated carbocycles. The summed E-state index contributed by atoms with van der Waals surface area (Å²) in [6.07, 6.45) is 6.68. The predicted molar refractivity (Wildman–Crippen MR) is 84.1 cm³/mol. The summed E-state index contributed by atoms with van der Waals surface area (Å²) < 4.78 is 0. The van der Waals surface area contributed by atoms with Crippen molar-refractivity contribution in [3.63, 3.8) is 0 Å². The summed E-state index contributed by atoms with van der Waals surface area (Å²) in [4.78, 5) is 10.7. The van der Waals surface area contributed by atoms with Crippen molar-refractivity contribution in [3.05, 3.63) is 24.3 Å². The molecule has 0 amide bonds. The molecule has 1 aliphatic carbocycles. The van der Waals surface area contributed by atoms with Crippen molar-refractivity contribution in [2.24, 2.45) is 0 Å². The standard InChI is InChI=1S/C15H20BrN3/c16-10-11-19(12-6-2-1-3-7-12)15-17-13-8-4-5-9-14(13)18-15/h4-5,8-9,12H,1-3,6-7,10-11H2,(H,17,18). The van der Waals surface area contributed by atoms with Gasteiger partial charge >= 0.3 is 0 Å². The molecule has 1 heterocycles. The average molecular weight is 322 g/mol. The van der Waals surface area contributed by atoms with E-state index in [0.717, 1.165) is 28.9 Å². The number of hydrogen-bond donors (Lipinski definition) is 1. The van der Waals surface area contributed by atoms with Crippen LogP contribution in [0.1, 0.15) is 32.1 Å². The molecule has 0 unspecified atom stereocenters. The highest BCUT2D eigenvalue weighted by Crippen LogP contribution is 2.27. The number of para-hydroxylation sites is 2. The molecular formula is C15H20BrN3. The molecule has 3 nitrogen and oxygen atoms in total. The van der Waals surface area contributed by atoms with Gasteiger partial charge in [0, 0.05) is 17.9 Å². The van der Waals surface area contributed by atoms with E-state index in [-0.39, 0.29) is 0 Å². The lowest BCUT2D eigenvalue weighted by atomic mass is 9.94. The molecule has 4 heteroatoms. The number of aromatic amines is 1. The number of nitrogens with one attached hydrogen (secondary N) is 1. The Kier molecular flexibility index (Phi) is 4.06. The van der Waals surface area contributed by atoms with Gasteiger partial charge in [-0.05, 0) is 25.0 Å². The molecule has 0 radical (unpaired) electrons. The molecule has 1 aromatic heterocycles. The summed E-state index contributed by atoms with van der Waals surface area (Å²) in [5, 5.41) is 0.987. The molecule has 102 valence electrons. The van der Waals surface area contributed by atoms with Crippen LogP contribution in [0.5, 0.6) is 0 Å². The van der Waals surface area contributed by atoms with E-state index in [9.17, 15) is 0 Å². The van der Waals surface area contributed by atoms with Crippen LogP contribution >= 0.6 is 15.9 Å². The van der Waals surface area contributed by atoms with Gasteiger partial charge in [-0.3, -0.25) is 0 Å². The Morgan fingerprint density at radius 1 is 1.21 bits per heavy atom. The van der Waals surface area contributed by atoms with E-state index in [1.165, 1.54) is 32.1 Å². The van der Waals surface area contributed by atoms with Crippen LogP contribution in [0.15, 0.2) is 24.3 Å². The number of fused-ring (bicyclic) bond motifs is 1. The number of anilines is 1. The first kappa shape index (κ1) is 13.0. The van der Waals surface area contributed by atoms with E-state index in [1.807, 2.05) is 6.07 Å². The van der Waals surface area contributed by atoms with E-state index in [4.69, 9.17) is 4.98 Å². The Balaban J connectivity index is 1.89. The first-order valence-electron chi connectivity index (χ1n) is 7.16. The monoisotopic (exact) mass is 321 g/mol. The Bertz CT molecular complexity index is 498. The van der Waals surface area contributed by atoms with Gasteiger partial charge in [0.1, 0.15) is 0 Å². The minimum Gasteiger partial charge on any atom is -0.339 e. The lowest BCUT2D eigenvalue weighted by Crippen LogP contribution is -2.38. The highest BCUT2D eigenvalue weighted by Gasteiger charge is 2.23. The highest BCUT2D eigenvalue weighted by atomic mass is 79.9. The maximum absolute atomic E-state index is 4.76. The second-order valence-corrected chi connectivity index (χ2v) is 6.04. The molecule has 1 aliphatic rings. The normalized spacial score (nSPS) is 16.9. The summed E-state index contributed by atoms with van der Waals surface area (Å²) in [6, 6.07) is 8.91. The van der Waals surface area contributed by atoms with E-state index in [2.05, 4.69) is 44.0 Å². The van der Waals surface area contributed by atoms with E-state index >= 15 is 0 Å². The number of aromatic nitrogens is 2. The van der Waals surface area contributed by atoms with E-state index < -0.39 is 0 Å². The lowest BCUT2D eigenvalue weighted by Gasteiger charge is -2.33. The van der Waals surface area contributed by atoms with Crippen molar-refractivity contribution in [2.45, 2.75) is 38.1 Å². The Hall–Kier alpha value is -1.03. The number of H-pyrrole nitrogens is 1. The van der Waals surface area contributed by atoms with Gasteiger partial charge in [0.25, 0.3) is 0 Å². The van der Waals surface area contributed by atoms with E-state index in [0.29, 0.717) is 6.04 Å². The fourth-order valence-corrected chi connectivity index (χ4v) is 3.40. The summed E-state index contributed by atoms with van der Waals surface area (Å²) in [5.74, 6) is 1.03. The Morgan fingerprint density at radius 3 is 2.74 bits per heavy atom. The third-order valence-corrected chi connectivity index (χ3v) is 4.34. The van der Waals surface area contributed by atoms with Gasteiger partial charge < -0.3 is 9.88 Å². The van der Waals surface area contributed by atoms with Gasteiger partial charge in [-0.2, -0.15) is 0 Å². The van der Waals surface area contributed by atoms with Crippen LogP contribution in [0, 0.1) is 0 Å². The van der Waals surface area contributed by atoms with Gasteiger partial charge in [-0.15, -0.1) is 0 Å². The lowest BCUT2D eigenvalue weighted by molar-refractivity contribution is 0.415. The number of nitrogens with zero attached hydrogens (tertiary/aromatic N) is 2. The van der Waals surface area contributed by atoms with Crippen LogP contribution in [0.4, 0.5) is 5.95 Å². The second-order valence-electron chi connectivity index (χ2n) is 5.25. The molecule has 2 aromatic rings. The molecule has 0 saturated heterocycles. The maximum Gasteiger partial charge on any atom is 0.204 e. The van der Waals surface area contributed by atoms with E-state index in [1.54, 1.807) is 0 Å². The Morgan fingerprint density at radius 2 is 2.00 bits per heavy atom. The van der Waals surface area contributed by atoms with Crippen molar-refractivity contribution >= 4 is 32.9 Å². The molecule has 0 spiro atoms. The minimum atomic E-state index is 0.645. The zero-order chi connectivity index (χ0) is 13.1. The molecule has 1 aromatic carbocycles. The number of alkyl halides is 1. The third kappa shape index (κ3) is 2.78. The van der Waals surface area contributed by atoms with Crippen LogP contribution in [-0.4, -0.2) is 27.9 Å². The summed E-state index contributed by atoms with van der Waals surface area (Å²) in [7, 11) is 0. The van der Waals surface area contributed by atoms with Gasteiger partial charge in [-0.25, -0.2) is 4.98 Å². The maximum atomic E-state index is 4.76. The Labute approximate surface area is 122 Å². The molecule has 0 aliphatic heterocycles. The summed E-state index contributed by atoms with van der Waals surface area (Å²) >= 11 is 3.57. The molecule has 0 atom stereocenters. The quantitative estimate of drug-likeness (QED) is 0.860. The number of benzene rings is 1. The van der Waals surface area contributed by atoms with Crippen molar-refractivity contribution in [1.29, 1.82) is 0 Å². The van der Waals surface area contributed by atoms with Crippen molar-refractivity contribution < 1.29 is 0 Å². The van der Waals surface area contributed by atoms with Gasteiger partial charge in [0.2, 0.25) is 5.95 Å². The zero-order valence-corrected chi connectivity index (χ0v) is 12.7. The molecule has 0 bridgehead atoms. The van der Waals surface area contributed by atoms with Crippen LogP contribution in [0.25, 0.3) is 11.0 Å². The highest BCUT2D eigenvalue weighted by molar-refractivity contribution is 9.09. The number of imidazole rings is 1. The predicted octanol–water partition coefficient (Wildman–Crippen LogP) is 4.10. The number of hydrogen-bond acceptors (Lipinski definition) is 2. The minimum absolute atomic E-state index is 0.645. The topological polar surface area (TPSA) is 31.9 Å². The fourth-order valence-electron chi connectivity index (χ4n) is 3.02. The summed E-state index contributed by atoms with van der Waals surface area (Å²) in [5.41, 5.74) is 2.20. The first-order valence-corrected chi connectivity index (χ1v) is 8.28. The molecule has 19 heavy (non-hydrogen) atoms. The van der Waals surface area contributed by atoms with Crippen molar-refractivity contribution in [2.75, 3.05) is 16.8 Å². The average Bonchev–Trinajstić information content (AvgIpc) is 2.89. The van der Waals surface area contributed by atoms with Gasteiger partial charge in [-0.1, -0.05) is 47.3 Å². The third-order valence-electron chi connectivity index (χ3n) is 3.99. The molecule has 1 N–H and O–H groups in total. The fraction of sp³-hybridized carbons (Fsp3) is 0.533. The SMILES string of the molecule is BrCCN(c1nc2ccccc2[nH]1)C1CCCCC1. The van der Waals surface area contributed by atoms with Crippen LogP contribution in [-0.2, 0) is 0 Å². The molecule has 3 rings (SSSR count). The van der Waals surface area contributed by atoms with Gasteiger partial charge in [0.05, 0.1) is 11.0 Å². The first-order chi connectivity index (χ1) is 9.38. The van der Waals surface area contributed by atoms with Crippen LogP contribution < -0.4 is 4.90 Å². The summed E-state index contributed by atoms with van der Waals surface area (Å²) in [6.45, 7) is 1.02. The van der Waals surface area contributed by atoms with Crippen molar-refractivity contribution in [1.82, 2.24) is 9.97 Å². The smallest absolute Gasteiger partial charge is 0.204 e. The number of rotatable bonds is 4. The van der Waals surface area contributed by atoms with Crippen LogP contribution in [0.2, 0.25) is 0 Å². The largest absolute Gasteiger partial charge is 0.339 e. The number of halogens is 1. The van der Waals surface area contributed by atoms with Crippen molar-refractivity contribution in [3.8, 4) is 0 Å². The van der Waals surface area contributed by atoms with Crippen LogP contribution in [0.3, 0.4) is 0 Å². The molecular weight excluding hydrogens is 302 g/mol. The zero-order valence-electron chi connectivity index (χ0n) is 11.1. The second kappa shape index (κ2) is 5.95.